The van der Waals surface area contributed by atoms with Crippen molar-refractivity contribution in [2.75, 3.05) is 17.7 Å². The number of carbonyl (C=O) groups is 1. The van der Waals surface area contributed by atoms with Crippen molar-refractivity contribution < 1.29 is 4.79 Å². The molecule has 0 saturated carbocycles. The van der Waals surface area contributed by atoms with Crippen LogP contribution in [-0.2, 0) is 0 Å². The zero-order valence-electron chi connectivity index (χ0n) is 9.34. The number of carbonyl (C=O) groups excluding carboxylic acids is 1. The third kappa shape index (κ3) is 2.78. The summed E-state index contributed by atoms with van der Waals surface area (Å²) < 4.78 is 0. The highest BCUT2D eigenvalue weighted by Crippen LogP contribution is 2.08. The van der Waals surface area contributed by atoms with Crippen molar-refractivity contribution in [1.82, 2.24) is 9.97 Å². The van der Waals surface area contributed by atoms with Crippen molar-refractivity contribution in [3.63, 3.8) is 0 Å². The average Bonchev–Trinajstić information content (AvgIpc) is 2.40. The number of amides is 1. The lowest BCUT2D eigenvalue weighted by molar-refractivity contribution is 0.102. The van der Waals surface area contributed by atoms with Gasteiger partial charge in [-0.1, -0.05) is 6.07 Å². The standard InChI is InChI=1S/C12H12N4O/c1-13-11-8-9(5-7-15-11)12(17)16-10-4-2-3-6-14-10/h2-8H,1H3,(H,13,15)(H,14,16,17). The second kappa shape index (κ2) is 5.07. The van der Waals surface area contributed by atoms with Crippen LogP contribution in [0.3, 0.4) is 0 Å². The van der Waals surface area contributed by atoms with Crippen LogP contribution in [0.2, 0.25) is 0 Å². The fourth-order valence-electron chi connectivity index (χ4n) is 1.33. The van der Waals surface area contributed by atoms with Gasteiger partial charge in [-0.2, -0.15) is 0 Å². The van der Waals surface area contributed by atoms with Gasteiger partial charge in [-0.15, -0.1) is 0 Å². The Balaban J connectivity index is 2.14. The first kappa shape index (κ1) is 11.1. The van der Waals surface area contributed by atoms with E-state index < -0.39 is 0 Å². The van der Waals surface area contributed by atoms with Gasteiger partial charge >= 0.3 is 0 Å². The minimum absolute atomic E-state index is 0.206. The molecule has 2 N–H and O–H groups in total. The fourth-order valence-corrected chi connectivity index (χ4v) is 1.33. The normalized spacial score (nSPS) is 9.71. The number of rotatable bonds is 3. The van der Waals surface area contributed by atoms with E-state index >= 15 is 0 Å². The Bertz CT molecular complexity index is 513. The van der Waals surface area contributed by atoms with E-state index in [-0.39, 0.29) is 5.91 Å². The van der Waals surface area contributed by atoms with Gasteiger partial charge in [-0.05, 0) is 24.3 Å². The maximum Gasteiger partial charge on any atom is 0.257 e. The third-order valence-electron chi connectivity index (χ3n) is 2.18. The van der Waals surface area contributed by atoms with Crippen LogP contribution in [-0.4, -0.2) is 22.9 Å². The first-order valence-electron chi connectivity index (χ1n) is 5.16. The van der Waals surface area contributed by atoms with Gasteiger partial charge in [0.15, 0.2) is 0 Å². The van der Waals surface area contributed by atoms with E-state index in [9.17, 15) is 4.79 Å². The summed E-state index contributed by atoms with van der Waals surface area (Å²) in [7, 11) is 1.75. The summed E-state index contributed by atoms with van der Waals surface area (Å²) in [4.78, 5) is 19.9. The van der Waals surface area contributed by atoms with Crippen molar-refractivity contribution in [3.05, 3.63) is 48.3 Å². The molecular weight excluding hydrogens is 216 g/mol. The number of hydrogen-bond donors (Lipinski definition) is 2. The molecule has 5 nitrogen and oxygen atoms in total. The van der Waals surface area contributed by atoms with Crippen molar-refractivity contribution in [3.8, 4) is 0 Å². The molecule has 0 aliphatic carbocycles. The fraction of sp³-hybridized carbons (Fsp3) is 0.0833. The Hall–Kier alpha value is -2.43. The van der Waals surface area contributed by atoms with Crippen LogP contribution in [0.25, 0.3) is 0 Å². The molecule has 0 spiro atoms. The second-order valence-electron chi connectivity index (χ2n) is 3.35. The van der Waals surface area contributed by atoms with E-state index in [1.165, 1.54) is 0 Å². The predicted molar refractivity (Wildman–Crippen MR) is 66.0 cm³/mol. The summed E-state index contributed by atoms with van der Waals surface area (Å²) in [6, 6.07) is 8.67. The monoisotopic (exact) mass is 228 g/mol. The third-order valence-corrected chi connectivity index (χ3v) is 2.18. The van der Waals surface area contributed by atoms with Crippen LogP contribution in [0.1, 0.15) is 10.4 Å². The highest BCUT2D eigenvalue weighted by molar-refractivity contribution is 6.04. The van der Waals surface area contributed by atoms with Gasteiger partial charge < -0.3 is 10.6 Å². The molecule has 0 aliphatic heterocycles. The van der Waals surface area contributed by atoms with E-state index in [1.54, 1.807) is 43.7 Å². The Morgan fingerprint density at radius 3 is 2.65 bits per heavy atom. The molecule has 5 heteroatoms. The van der Waals surface area contributed by atoms with Crippen molar-refractivity contribution in [2.24, 2.45) is 0 Å². The minimum atomic E-state index is -0.206. The molecule has 0 radical (unpaired) electrons. The summed E-state index contributed by atoms with van der Waals surface area (Å²) >= 11 is 0. The summed E-state index contributed by atoms with van der Waals surface area (Å²) in [6.45, 7) is 0. The lowest BCUT2D eigenvalue weighted by Crippen LogP contribution is -2.13. The quantitative estimate of drug-likeness (QED) is 0.840. The number of hydrogen-bond acceptors (Lipinski definition) is 4. The van der Waals surface area contributed by atoms with E-state index in [1.807, 2.05) is 6.07 Å². The SMILES string of the molecule is CNc1cc(C(=O)Nc2ccccn2)ccn1. The smallest absolute Gasteiger partial charge is 0.257 e. The molecule has 0 fully saturated rings. The van der Waals surface area contributed by atoms with Gasteiger partial charge in [0, 0.05) is 25.0 Å². The zero-order chi connectivity index (χ0) is 12.1. The van der Waals surface area contributed by atoms with Crippen LogP contribution in [0.4, 0.5) is 11.6 Å². The molecule has 2 aromatic rings. The maximum absolute atomic E-state index is 11.9. The van der Waals surface area contributed by atoms with E-state index in [0.29, 0.717) is 17.2 Å². The Labute approximate surface area is 98.9 Å². The molecule has 0 bridgehead atoms. The van der Waals surface area contributed by atoms with Gasteiger partial charge in [0.25, 0.3) is 5.91 Å². The minimum Gasteiger partial charge on any atom is -0.373 e. The van der Waals surface area contributed by atoms with Gasteiger partial charge in [0.05, 0.1) is 0 Å². The molecule has 86 valence electrons. The largest absolute Gasteiger partial charge is 0.373 e. The highest BCUT2D eigenvalue weighted by Gasteiger charge is 2.07. The Kier molecular flexibility index (Phi) is 3.30. The molecule has 0 atom stereocenters. The lowest BCUT2D eigenvalue weighted by Gasteiger charge is -2.05. The molecule has 1 amide bonds. The highest BCUT2D eigenvalue weighted by atomic mass is 16.1. The maximum atomic E-state index is 11.9. The van der Waals surface area contributed by atoms with Gasteiger partial charge in [-0.25, -0.2) is 9.97 Å². The van der Waals surface area contributed by atoms with Crippen LogP contribution in [0.5, 0.6) is 0 Å². The van der Waals surface area contributed by atoms with Crippen LogP contribution < -0.4 is 10.6 Å². The van der Waals surface area contributed by atoms with Crippen molar-refractivity contribution in [1.29, 1.82) is 0 Å². The van der Waals surface area contributed by atoms with E-state index in [4.69, 9.17) is 0 Å². The number of nitrogens with one attached hydrogen (secondary N) is 2. The summed E-state index contributed by atoms with van der Waals surface area (Å²) in [5.74, 6) is 0.974. The molecule has 0 aliphatic rings. The molecule has 2 heterocycles. The molecule has 2 aromatic heterocycles. The predicted octanol–water partition coefficient (Wildman–Crippen LogP) is 1.77. The van der Waals surface area contributed by atoms with Gasteiger partial charge in [-0.3, -0.25) is 4.79 Å². The number of aromatic nitrogens is 2. The Morgan fingerprint density at radius 2 is 1.94 bits per heavy atom. The summed E-state index contributed by atoms with van der Waals surface area (Å²) in [5.41, 5.74) is 0.537. The van der Waals surface area contributed by atoms with E-state index in [0.717, 1.165) is 0 Å². The zero-order valence-corrected chi connectivity index (χ0v) is 9.34. The molecule has 2 rings (SSSR count). The van der Waals surface area contributed by atoms with E-state index in [2.05, 4.69) is 20.6 Å². The molecule has 0 unspecified atom stereocenters. The molecule has 17 heavy (non-hydrogen) atoms. The summed E-state index contributed by atoms with van der Waals surface area (Å²) in [5, 5.41) is 5.58. The molecule has 0 saturated heterocycles. The van der Waals surface area contributed by atoms with Gasteiger partial charge in [0.1, 0.15) is 11.6 Å². The van der Waals surface area contributed by atoms with Gasteiger partial charge in [0.2, 0.25) is 0 Å². The van der Waals surface area contributed by atoms with Crippen molar-refractivity contribution in [2.45, 2.75) is 0 Å². The first-order chi connectivity index (χ1) is 8.29. The van der Waals surface area contributed by atoms with Crippen molar-refractivity contribution >= 4 is 17.5 Å². The Morgan fingerprint density at radius 1 is 1.12 bits per heavy atom. The average molecular weight is 228 g/mol. The second-order valence-corrected chi connectivity index (χ2v) is 3.35. The lowest BCUT2D eigenvalue weighted by atomic mass is 10.2. The first-order valence-corrected chi connectivity index (χ1v) is 5.16. The topological polar surface area (TPSA) is 66.9 Å². The number of nitrogens with zero attached hydrogens (tertiary/aromatic N) is 2. The summed E-state index contributed by atoms with van der Waals surface area (Å²) in [6.07, 6.45) is 3.21. The number of anilines is 2. The molecular formula is C12H12N4O. The van der Waals surface area contributed by atoms with Crippen LogP contribution in [0.15, 0.2) is 42.7 Å². The van der Waals surface area contributed by atoms with Crippen LogP contribution >= 0.6 is 0 Å². The number of pyridine rings is 2. The molecule has 0 aromatic carbocycles. The van der Waals surface area contributed by atoms with Crippen LogP contribution in [0, 0.1) is 0 Å².